The Morgan fingerprint density at radius 1 is 0.757 bits per heavy atom. The Labute approximate surface area is 224 Å². The molecule has 0 aromatic rings. The molecule has 2 fully saturated rings. The minimum Gasteiger partial charge on any atom is -0.481 e. The summed E-state index contributed by atoms with van der Waals surface area (Å²) < 4.78 is 5.12. The van der Waals surface area contributed by atoms with E-state index in [1.54, 1.807) is 13.8 Å². The van der Waals surface area contributed by atoms with E-state index in [0.717, 1.165) is 103 Å². The minimum atomic E-state index is -0.755. The van der Waals surface area contributed by atoms with Crippen LogP contribution in [0.5, 0.6) is 0 Å². The lowest BCUT2D eigenvalue weighted by atomic mass is 9.73. The Hall–Kier alpha value is -1.72. The number of ketones is 2. The van der Waals surface area contributed by atoms with E-state index < -0.39 is 17.0 Å². The SMILES string of the molecule is CC(C)(CCCCC1CCCC(CCCC2CCCC(CCCCC(C)(C)C(=O)O)C2=O)C1=O)OC=O. The Morgan fingerprint density at radius 3 is 1.57 bits per heavy atom. The Kier molecular flexibility index (Phi) is 12.8. The third-order valence-corrected chi connectivity index (χ3v) is 9.06. The number of Topliss-reactive ketones (excluding diaryl/α,β-unsaturated/α-hetero) is 2. The smallest absolute Gasteiger partial charge is 0.309 e. The first kappa shape index (κ1) is 31.5. The molecule has 0 heterocycles. The molecule has 0 amide bonds. The highest BCUT2D eigenvalue weighted by atomic mass is 16.5. The molecule has 2 saturated carbocycles. The van der Waals surface area contributed by atoms with Crippen LogP contribution in [0.3, 0.4) is 0 Å². The van der Waals surface area contributed by atoms with Gasteiger partial charge in [0.1, 0.15) is 17.2 Å². The molecule has 0 spiro atoms. The number of carbonyl (C=O) groups excluding carboxylic acids is 3. The summed E-state index contributed by atoms with van der Waals surface area (Å²) in [5.41, 5.74) is -1.13. The number of carboxylic acids is 1. The third kappa shape index (κ3) is 10.5. The topological polar surface area (TPSA) is 97.7 Å². The van der Waals surface area contributed by atoms with Gasteiger partial charge in [-0.25, -0.2) is 0 Å². The number of hydrogen-bond donors (Lipinski definition) is 1. The lowest BCUT2D eigenvalue weighted by Gasteiger charge is -2.30. The van der Waals surface area contributed by atoms with Gasteiger partial charge >= 0.3 is 5.97 Å². The van der Waals surface area contributed by atoms with Gasteiger partial charge in [0.15, 0.2) is 0 Å². The lowest BCUT2D eigenvalue weighted by molar-refractivity contribution is -0.147. The van der Waals surface area contributed by atoms with Crippen LogP contribution in [0.1, 0.15) is 137 Å². The summed E-state index contributed by atoms with van der Waals surface area (Å²) in [6.45, 7) is 7.90. The van der Waals surface area contributed by atoms with E-state index in [-0.39, 0.29) is 23.7 Å². The van der Waals surface area contributed by atoms with Gasteiger partial charge in [0.25, 0.3) is 6.47 Å². The fourth-order valence-electron chi connectivity index (χ4n) is 6.41. The summed E-state index contributed by atoms with van der Waals surface area (Å²) in [6, 6.07) is 0. The highest BCUT2D eigenvalue weighted by molar-refractivity contribution is 5.84. The maximum absolute atomic E-state index is 13.1. The number of unbranched alkanes of at least 4 members (excludes halogenated alkanes) is 2. The molecule has 37 heavy (non-hydrogen) atoms. The van der Waals surface area contributed by atoms with E-state index in [1.165, 1.54) is 0 Å². The molecule has 1 N–H and O–H groups in total. The Bertz CT molecular complexity index is 755. The molecule has 0 radical (unpaired) electrons. The molecule has 0 saturated heterocycles. The molecule has 6 heteroatoms. The van der Waals surface area contributed by atoms with Crippen LogP contribution < -0.4 is 0 Å². The van der Waals surface area contributed by atoms with Crippen LogP contribution in [0, 0.1) is 29.1 Å². The van der Waals surface area contributed by atoms with Gasteiger partial charge in [-0.2, -0.15) is 0 Å². The largest absolute Gasteiger partial charge is 0.481 e. The molecule has 0 bridgehead atoms. The van der Waals surface area contributed by atoms with Gasteiger partial charge in [0, 0.05) is 23.7 Å². The monoisotopic (exact) mass is 520 g/mol. The first-order chi connectivity index (χ1) is 17.5. The van der Waals surface area contributed by atoms with Crippen molar-refractivity contribution in [3.63, 3.8) is 0 Å². The van der Waals surface area contributed by atoms with Crippen molar-refractivity contribution in [1.29, 1.82) is 0 Å². The molecule has 4 atom stereocenters. The minimum absolute atomic E-state index is 0.134. The highest BCUT2D eigenvalue weighted by Gasteiger charge is 2.33. The molecule has 2 aliphatic rings. The van der Waals surface area contributed by atoms with Gasteiger partial charge in [0.05, 0.1) is 5.41 Å². The van der Waals surface area contributed by atoms with Crippen molar-refractivity contribution in [2.24, 2.45) is 29.1 Å². The number of rotatable bonds is 17. The van der Waals surface area contributed by atoms with Gasteiger partial charge in [-0.3, -0.25) is 19.2 Å². The number of aliphatic carboxylic acids is 1. The number of carboxylic acid groups (broad SMARTS) is 1. The number of carbonyl (C=O) groups is 4. The standard InChI is InChI=1S/C31H52O6/c1-30(2,29(35)36)20-7-5-12-23-14-9-16-25(27(23)33)18-11-19-26-17-10-15-24(28(26)34)13-6-8-21-31(3,4)37-22-32/h22-26H,5-21H2,1-4H3,(H,35,36). The second-order valence-electron chi connectivity index (χ2n) is 13.0. The summed E-state index contributed by atoms with van der Waals surface area (Å²) in [4.78, 5) is 48.1. The van der Waals surface area contributed by atoms with Crippen LogP contribution >= 0.6 is 0 Å². The van der Waals surface area contributed by atoms with Crippen LogP contribution in [-0.2, 0) is 23.9 Å². The lowest BCUT2D eigenvalue weighted by Crippen LogP contribution is -2.30. The molecular formula is C31H52O6. The van der Waals surface area contributed by atoms with Crippen molar-refractivity contribution >= 4 is 24.0 Å². The van der Waals surface area contributed by atoms with E-state index in [1.807, 2.05) is 13.8 Å². The van der Waals surface area contributed by atoms with Crippen LogP contribution in [-0.4, -0.2) is 34.7 Å². The Balaban J connectivity index is 1.69. The zero-order valence-electron chi connectivity index (χ0n) is 23.9. The average Bonchev–Trinajstić information content (AvgIpc) is 2.83. The summed E-state index contributed by atoms with van der Waals surface area (Å²) in [5, 5.41) is 9.28. The summed E-state index contributed by atoms with van der Waals surface area (Å²) in [7, 11) is 0. The summed E-state index contributed by atoms with van der Waals surface area (Å²) in [6.07, 6.45) is 15.9. The fraction of sp³-hybridized carbons (Fsp3) is 0.871. The first-order valence-electron chi connectivity index (χ1n) is 14.9. The quantitative estimate of drug-likeness (QED) is 0.159. The van der Waals surface area contributed by atoms with E-state index >= 15 is 0 Å². The highest BCUT2D eigenvalue weighted by Crippen LogP contribution is 2.36. The molecule has 0 aliphatic heterocycles. The normalized spacial score (nSPS) is 25.2. The Morgan fingerprint density at radius 2 is 1.16 bits per heavy atom. The molecule has 2 rings (SSSR count). The molecule has 0 aromatic carbocycles. The second-order valence-corrected chi connectivity index (χ2v) is 13.0. The molecular weight excluding hydrogens is 468 g/mol. The third-order valence-electron chi connectivity index (χ3n) is 9.06. The van der Waals surface area contributed by atoms with Crippen molar-refractivity contribution in [3.8, 4) is 0 Å². The van der Waals surface area contributed by atoms with Crippen molar-refractivity contribution in [2.45, 2.75) is 142 Å². The summed E-state index contributed by atoms with van der Waals surface area (Å²) in [5.74, 6) is 0.690. The molecule has 0 aromatic heterocycles. The van der Waals surface area contributed by atoms with Gasteiger partial charge in [-0.1, -0.05) is 38.5 Å². The first-order valence-corrected chi connectivity index (χ1v) is 14.9. The van der Waals surface area contributed by atoms with E-state index in [4.69, 9.17) is 4.74 Å². The van der Waals surface area contributed by atoms with E-state index in [0.29, 0.717) is 24.5 Å². The maximum atomic E-state index is 13.1. The second kappa shape index (κ2) is 15.0. The van der Waals surface area contributed by atoms with Crippen LogP contribution in [0.2, 0.25) is 0 Å². The van der Waals surface area contributed by atoms with Crippen molar-refractivity contribution in [3.05, 3.63) is 0 Å². The van der Waals surface area contributed by atoms with Gasteiger partial charge in [0.2, 0.25) is 0 Å². The van der Waals surface area contributed by atoms with Crippen LogP contribution in [0.4, 0.5) is 0 Å². The van der Waals surface area contributed by atoms with Gasteiger partial charge < -0.3 is 9.84 Å². The van der Waals surface area contributed by atoms with Crippen molar-refractivity contribution < 1.29 is 29.0 Å². The molecule has 4 unspecified atom stereocenters. The van der Waals surface area contributed by atoms with Crippen LogP contribution in [0.15, 0.2) is 0 Å². The van der Waals surface area contributed by atoms with E-state index in [2.05, 4.69) is 0 Å². The van der Waals surface area contributed by atoms with Gasteiger partial charge in [-0.15, -0.1) is 0 Å². The number of hydrogen-bond acceptors (Lipinski definition) is 5. The van der Waals surface area contributed by atoms with Gasteiger partial charge in [-0.05, 0) is 98.3 Å². The maximum Gasteiger partial charge on any atom is 0.309 e. The summed E-state index contributed by atoms with van der Waals surface area (Å²) >= 11 is 0. The van der Waals surface area contributed by atoms with Crippen molar-refractivity contribution in [2.75, 3.05) is 0 Å². The zero-order valence-corrected chi connectivity index (χ0v) is 23.9. The van der Waals surface area contributed by atoms with Crippen molar-refractivity contribution in [1.82, 2.24) is 0 Å². The van der Waals surface area contributed by atoms with Crippen LogP contribution in [0.25, 0.3) is 0 Å². The molecule has 6 nitrogen and oxygen atoms in total. The fourth-order valence-corrected chi connectivity index (χ4v) is 6.41. The number of ether oxygens (including phenoxy) is 1. The average molecular weight is 521 g/mol. The predicted octanol–water partition coefficient (Wildman–Crippen LogP) is 7.31. The predicted molar refractivity (Wildman–Crippen MR) is 145 cm³/mol. The zero-order chi connectivity index (χ0) is 27.5. The molecule has 212 valence electrons. The molecule has 2 aliphatic carbocycles. The van der Waals surface area contributed by atoms with E-state index in [9.17, 15) is 24.3 Å².